The molecule has 3 aromatic rings. The zero-order valence-electron chi connectivity index (χ0n) is 21.3. The Balaban J connectivity index is 0.000000293. The van der Waals surface area contributed by atoms with Crippen LogP contribution in [0.5, 0.6) is 17.2 Å². The van der Waals surface area contributed by atoms with Crippen LogP contribution >= 0.6 is 15.9 Å². The van der Waals surface area contributed by atoms with Crippen LogP contribution in [0, 0.1) is 17.5 Å². The van der Waals surface area contributed by atoms with Crippen molar-refractivity contribution in [2.24, 2.45) is 0 Å². The van der Waals surface area contributed by atoms with E-state index >= 15 is 0 Å². The third-order valence-electron chi connectivity index (χ3n) is 4.64. The lowest BCUT2D eigenvalue weighted by Gasteiger charge is -2.06. The van der Waals surface area contributed by atoms with Crippen LogP contribution in [-0.2, 0) is 9.47 Å². The first-order valence-corrected chi connectivity index (χ1v) is 11.3. The topological polar surface area (TPSA) is 118 Å². The maximum absolute atomic E-state index is 13.3. The molecule has 210 valence electrons. The summed E-state index contributed by atoms with van der Waals surface area (Å²) in [6.07, 6.45) is 0. The van der Waals surface area contributed by atoms with E-state index in [-0.39, 0.29) is 16.7 Å². The third kappa shape index (κ3) is 9.52. The zero-order valence-corrected chi connectivity index (χ0v) is 22.9. The molecular weight excluding hydrogens is 593 g/mol. The van der Waals surface area contributed by atoms with Gasteiger partial charge in [-0.15, -0.1) is 0 Å². The molecule has 0 aliphatic heterocycles. The number of esters is 2. The molecule has 9 nitrogen and oxygen atoms in total. The fourth-order valence-electron chi connectivity index (χ4n) is 2.65. The number of methoxy groups -OCH3 is 5. The molecule has 0 fully saturated rings. The minimum absolute atomic E-state index is 0.0942. The average molecular weight is 617 g/mol. The lowest BCUT2D eigenvalue weighted by atomic mass is 10.2. The lowest BCUT2D eigenvalue weighted by molar-refractivity contribution is 0.0586. The highest BCUT2D eigenvalue weighted by atomic mass is 79.9. The van der Waals surface area contributed by atoms with Crippen LogP contribution in [0.4, 0.5) is 13.2 Å². The first-order chi connectivity index (χ1) is 18.4. The molecular formula is C26H24BrF3O9. The molecule has 0 radical (unpaired) electrons. The number of hydrogen-bond donors (Lipinski definition) is 1. The highest BCUT2D eigenvalue weighted by Crippen LogP contribution is 2.28. The van der Waals surface area contributed by atoms with Crippen LogP contribution < -0.4 is 14.2 Å². The summed E-state index contributed by atoms with van der Waals surface area (Å²) in [6, 6.07) is 9.98. The van der Waals surface area contributed by atoms with Gasteiger partial charge in [0.05, 0.1) is 56.7 Å². The number of carboxylic acid groups (broad SMARTS) is 1. The van der Waals surface area contributed by atoms with Gasteiger partial charge in [0, 0.05) is 18.2 Å². The minimum atomic E-state index is -1.28. The number of benzene rings is 3. The normalized spacial score (nSPS) is 9.56. The third-order valence-corrected chi connectivity index (χ3v) is 5.25. The summed E-state index contributed by atoms with van der Waals surface area (Å²) in [5.41, 5.74) is -0.570. The Kier molecular flexibility index (Phi) is 13.3. The standard InChI is InChI=1S/C9H8BrFO3.C9H9FO3.C8H7FO3/c1-13-8-4-7(11)5(3-6(8)10)9(12)14-2;1-12-6-3-4-7(8(10)5-6)9(11)13-2;1-12-5-2-3-6(8(10)11)7(9)4-5/h3-4H,1-2H3;3-5H,1-2H3;2-4H,1H3,(H,10,11). The molecule has 0 aliphatic rings. The van der Waals surface area contributed by atoms with Crippen molar-refractivity contribution in [1.82, 2.24) is 0 Å². The molecule has 13 heteroatoms. The monoisotopic (exact) mass is 616 g/mol. The maximum atomic E-state index is 13.3. The Morgan fingerprint density at radius 3 is 1.46 bits per heavy atom. The SMILES string of the molecule is COC(=O)c1cc(Br)c(OC)cc1F.COC(=O)c1ccc(OC)cc1F.COc1ccc(C(=O)O)c(F)c1. The predicted octanol–water partition coefficient (Wildman–Crippen LogP) is 5.54. The molecule has 3 rings (SSSR count). The van der Waals surface area contributed by atoms with Crippen molar-refractivity contribution < 1.29 is 56.3 Å². The van der Waals surface area contributed by atoms with Crippen molar-refractivity contribution in [2.45, 2.75) is 0 Å². The molecule has 39 heavy (non-hydrogen) atoms. The van der Waals surface area contributed by atoms with E-state index in [2.05, 4.69) is 25.4 Å². The highest BCUT2D eigenvalue weighted by molar-refractivity contribution is 9.10. The van der Waals surface area contributed by atoms with Crippen molar-refractivity contribution in [2.75, 3.05) is 35.5 Å². The van der Waals surface area contributed by atoms with Gasteiger partial charge >= 0.3 is 17.9 Å². The van der Waals surface area contributed by atoms with Crippen LogP contribution in [0.25, 0.3) is 0 Å². The molecule has 0 aromatic heterocycles. The van der Waals surface area contributed by atoms with Crippen LogP contribution in [0.1, 0.15) is 31.1 Å². The summed E-state index contributed by atoms with van der Waals surface area (Å²) in [4.78, 5) is 32.3. The van der Waals surface area contributed by atoms with Gasteiger partial charge in [-0.3, -0.25) is 0 Å². The number of hydrogen-bond acceptors (Lipinski definition) is 8. The van der Waals surface area contributed by atoms with E-state index in [0.29, 0.717) is 21.7 Å². The Labute approximate surface area is 230 Å². The second kappa shape index (κ2) is 15.9. The van der Waals surface area contributed by atoms with Crippen molar-refractivity contribution in [1.29, 1.82) is 0 Å². The molecule has 0 saturated carbocycles. The van der Waals surface area contributed by atoms with Gasteiger partial charge in [0.25, 0.3) is 0 Å². The van der Waals surface area contributed by atoms with E-state index in [1.807, 2.05) is 0 Å². The fourth-order valence-corrected chi connectivity index (χ4v) is 3.15. The second-order valence-electron chi connectivity index (χ2n) is 6.95. The lowest BCUT2D eigenvalue weighted by Crippen LogP contribution is -2.04. The largest absolute Gasteiger partial charge is 0.497 e. The van der Waals surface area contributed by atoms with E-state index in [9.17, 15) is 27.6 Å². The molecule has 0 aliphatic carbocycles. The minimum Gasteiger partial charge on any atom is -0.497 e. The quantitative estimate of drug-likeness (QED) is 0.356. The number of carbonyl (C=O) groups excluding carboxylic acids is 2. The number of carbonyl (C=O) groups is 3. The van der Waals surface area contributed by atoms with E-state index in [4.69, 9.17) is 19.3 Å². The zero-order chi connectivity index (χ0) is 29.7. The van der Waals surface area contributed by atoms with Crippen molar-refractivity contribution in [3.8, 4) is 17.2 Å². The fraction of sp³-hybridized carbons (Fsp3) is 0.192. The Hall–Kier alpha value is -4.26. The summed E-state index contributed by atoms with van der Waals surface area (Å²) < 4.78 is 62.8. The molecule has 0 bridgehead atoms. The van der Waals surface area contributed by atoms with Crippen molar-refractivity contribution in [3.63, 3.8) is 0 Å². The van der Waals surface area contributed by atoms with Crippen LogP contribution in [0.15, 0.2) is 53.0 Å². The van der Waals surface area contributed by atoms with Gasteiger partial charge in [-0.25, -0.2) is 27.6 Å². The average Bonchev–Trinajstić information content (AvgIpc) is 2.93. The Morgan fingerprint density at radius 2 is 1.08 bits per heavy atom. The van der Waals surface area contributed by atoms with Crippen LogP contribution in [0.3, 0.4) is 0 Å². The number of carboxylic acids is 1. The van der Waals surface area contributed by atoms with Gasteiger partial charge in [-0.2, -0.15) is 0 Å². The smallest absolute Gasteiger partial charge is 0.340 e. The second-order valence-corrected chi connectivity index (χ2v) is 7.80. The van der Waals surface area contributed by atoms with Crippen LogP contribution in [-0.4, -0.2) is 58.6 Å². The van der Waals surface area contributed by atoms with Gasteiger partial charge in [0.1, 0.15) is 34.7 Å². The molecule has 0 atom stereocenters. The summed E-state index contributed by atoms with van der Waals surface area (Å²) in [5, 5.41) is 8.45. The van der Waals surface area contributed by atoms with Gasteiger partial charge in [-0.05, 0) is 46.3 Å². The highest BCUT2D eigenvalue weighted by Gasteiger charge is 2.15. The molecule has 0 saturated heterocycles. The van der Waals surface area contributed by atoms with E-state index in [1.165, 1.54) is 59.8 Å². The summed E-state index contributed by atoms with van der Waals surface area (Å²) in [6.45, 7) is 0. The predicted molar refractivity (Wildman–Crippen MR) is 136 cm³/mol. The van der Waals surface area contributed by atoms with E-state index < -0.39 is 35.4 Å². The van der Waals surface area contributed by atoms with Crippen LogP contribution in [0.2, 0.25) is 0 Å². The first-order valence-electron chi connectivity index (χ1n) is 10.5. The van der Waals surface area contributed by atoms with Gasteiger partial charge in [0.2, 0.25) is 0 Å². The number of rotatable bonds is 6. The van der Waals surface area contributed by atoms with Crippen molar-refractivity contribution >= 4 is 33.8 Å². The Morgan fingerprint density at radius 1 is 0.641 bits per heavy atom. The summed E-state index contributed by atoms with van der Waals surface area (Å²) >= 11 is 3.14. The first kappa shape index (κ1) is 32.8. The number of halogens is 4. The number of ether oxygens (including phenoxy) is 5. The van der Waals surface area contributed by atoms with Gasteiger partial charge in [0.15, 0.2) is 0 Å². The summed E-state index contributed by atoms with van der Waals surface area (Å²) in [7, 11) is 6.62. The molecule has 0 amide bonds. The van der Waals surface area contributed by atoms with E-state index in [1.54, 1.807) is 0 Å². The maximum Gasteiger partial charge on any atom is 0.340 e. The van der Waals surface area contributed by atoms with Gasteiger partial charge < -0.3 is 28.8 Å². The Bertz CT molecular complexity index is 1320. The van der Waals surface area contributed by atoms with Gasteiger partial charge in [-0.1, -0.05) is 0 Å². The molecule has 0 unspecified atom stereocenters. The van der Waals surface area contributed by atoms with E-state index in [0.717, 1.165) is 24.3 Å². The summed E-state index contributed by atoms with van der Waals surface area (Å²) in [5.74, 6) is -3.80. The molecule has 3 aromatic carbocycles. The number of aromatic carboxylic acids is 1. The van der Waals surface area contributed by atoms with Crippen molar-refractivity contribution in [3.05, 3.63) is 87.1 Å². The molecule has 0 spiro atoms. The molecule has 0 heterocycles. The molecule has 1 N–H and O–H groups in total.